The van der Waals surface area contributed by atoms with Gasteiger partial charge in [0.1, 0.15) is 23.0 Å². The molecule has 1 aliphatic carbocycles. The number of aromatic hydroxyl groups is 4. The van der Waals surface area contributed by atoms with E-state index in [0.717, 1.165) is 9.44 Å². The van der Waals surface area contributed by atoms with Gasteiger partial charge in [-0.05, 0) is 11.8 Å². The first-order chi connectivity index (χ1) is 17.1. The summed E-state index contributed by atoms with van der Waals surface area (Å²) in [4.78, 5) is 0. The molecular formula is C18H14F6N2O10S2-2. The van der Waals surface area contributed by atoms with E-state index in [0.29, 0.717) is 24.3 Å². The molecule has 0 radical (unpaired) electrons. The Kier molecular flexibility index (Phi) is 7.02. The van der Waals surface area contributed by atoms with Crippen molar-refractivity contribution in [1.29, 1.82) is 0 Å². The zero-order valence-corrected chi connectivity index (χ0v) is 19.6. The van der Waals surface area contributed by atoms with E-state index in [1.54, 1.807) is 0 Å². The first-order valence-corrected chi connectivity index (χ1v) is 12.7. The van der Waals surface area contributed by atoms with Crippen LogP contribution in [0, 0.1) is 0 Å². The summed E-state index contributed by atoms with van der Waals surface area (Å²) in [6.45, 7) is 0. The number of phenolic OH excluding ortho intramolecular Hbond substituents is 4. The van der Waals surface area contributed by atoms with Gasteiger partial charge in [-0.2, -0.15) is 43.2 Å². The molecule has 2 aromatic rings. The molecule has 6 N–H and O–H groups in total. The minimum atomic E-state index is -5.96. The Balaban J connectivity index is 1.90. The second-order valence-electron chi connectivity index (χ2n) is 7.94. The molecule has 0 bridgehead atoms. The van der Waals surface area contributed by atoms with Crippen molar-refractivity contribution in [3.8, 4) is 23.0 Å². The molecule has 0 amide bonds. The average molecular weight is 596 g/mol. The number of sulfonamides is 2. The molecule has 2 aromatic carbocycles. The number of phenols is 4. The number of anilines is 2. The minimum absolute atomic E-state index is 0.377. The van der Waals surface area contributed by atoms with Gasteiger partial charge in [-0.3, -0.25) is 9.44 Å². The standard InChI is InChI=1S/C18H14F6N2O10S2/c19-17(20,21)37(33,34)25-5-1-7(27)11(8(28)2-5)13-15(31)14(16(13)32)12-9(29)3-6(4-10(12)30)26-38(35,36)18(22,23)24/h1-4,13-16,25-30H/q-2. The third-order valence-electron chi connectivity index (χ3n) is 5.47. The summed E-state index contributed by atoms with van der Waals surface area (Å²) in [5, 5.41) is 66.0. The summed E-state index contributed by atoms with van der Waals surface area (Å²) < 4.78 is 122. The van der Waals surface area contributed by atoms with Crippen LogP contribution in [-0.2, 0) is 20.0 Å². The number of hydrogen-bond acceptors (Lipinski definition) is 10. The number of nitrogens with one attached hydrogen (secondary N) is 2. The van der Waals surface area contributed by atoms with E-state index in [-0.39, 0.29) is 0 Å². The highest BCUT2D eigenvalue weighted by Gasteiger charge is 2.48. The number of benzene rings is 2. The Morgan fingerprint density at radius 2 is 0.842 bits per heavy atom. The summed E-state index contributed by atoms with van der Waals surface area (Å²) in [6.07, 6.45) is -4.36. The van der Waals surface area contributed by atoms with Crippen molar-refractivity contribution >= 4 is 31.4 Å². The Labute approximate surface area is 208 Å². The first kappa shape index (κ1) is 29.2. The lowest BCUT2D eigenvalue weighted by atomic mass is 9.62. The molecular weight excluding hydrogens is 582 g/mol. The van der Waals surface area contributed by atoms with Gasteiger partial charge in [0.05, 0.1) is 11.4 Å². The van der Waals surface area contributed by atoms with Crippen LogP contribution >= 0.6 is 0 Å². The molecule has 20 heteroatoms. The summed E-state index contributed by atoms with van der Waals surface area (Å²) in [5.74, 6) is -8.31. The van der Waals surface area contributed by atoms with E-state index >= 15 is 0 Å². The van der Waals surface area contributed by atoms with Crippen LogP contribution in [0.15, 0.2) is 24.3 Å². The highest BCUT2D eigenvalue weighted by molar-refractivity contribution is 7.93. The van der Waals surface area contributed by atoms with E-state index in [4.69, 9.17) is 0 Å². The summed E-state index contributed by atoms with van der Waals surface area (Å²) in [5.41, 5.74) is -15.0. The molecule has 0 unspecified atom stereocenters. The predicted molar refractivity (Wildman–Crippen MR) is 110 cm³/mol. The second-order valence-corrected chi connectivity index (χ2v) is 11.3. The molecule has 0 spiro atoms. The molecule has 3 rings (SSSR count). The smallest absolute Gasteiger partial charge is 0.516 e. The van der Waals surface area contributed by atoms with Gasteiger partial charge in [0.2, 0.25) is 0 Å². The molecule has 0 aliphatic heterocycles. The minimum Gasteiger partial charge on any atom is -0.851 e. The van der Waals surface area contributed by atoms with Gasteiger partial charge >= 0.3 is 31.1 Å². The van der Waals surface area contributed by atoms with Crippen LogP contribution in [0.25, 0.3) is 0 Å². The molecule has 1 saturated carbocycles. The van der Waals surface area contributed by atoms with Gasteiger partial charge in [0.15, 0.2) is 0 Å². The Morgan fingerprint density at radius 3 is 1.05 bits per heavy atom. The van der Waals surface area contributed by atoms with Gasteiger partial charge in [0.25, 0.3) is 0 Å². The van der Waals surface area contributed by atoms with Crippen LogP contribution in [-0.4, -0.2) is 60.5 Å². The van der Waals surface area contributed by atoms with E-state index in [1.165, 1.54) is 0 Å². The summed E-state index contributed by atoms with van der Waals surface area (Å²) in [7, 11) is -11.9. The lowest BCUT2D eigenvalue weighted by Gasteiger charge is -2.61. The number of alkyl halides is 6. The van der Waals surface area contributed by atoms with Crippen molar-refractivity contribution in [2.45, 2.75) is 35.1 Å². The van der Waals surface area contributed by atoms with Crippen molar-refractivity contribution in [3.05, 3.63) is 35.4 Å². The second kappa shape index (κ2) is 9.13. The van der Waals surface area contributed by atoms with Gasteiger partial charge in [-0.15, -0.1) is 12.2 Å². The van der Waals surface area contributed by atoms with Crippen LogP contribution in [0.5, 0.6) is 23.0 Å². The van der Waals surface area contributed by atoms with Crippen LogP contribution < -0.4 is 19.7 Å². The molecule has 0 heterocycles. The quantitative estimate of drug-likeness (QED) is 0.252. The summed E-state index contributed by atoms with van der Waals surface area (Å²) in [6, 6.07) is 1.51. The topological polar surface area (TPSA) is 219 Å². The molecule has 212 valence electrons. The average Bonchev–Trinajstić information content (AvgIpc) is 2.70. The van der Waals surface area contributed by atoms with Crippen LogP contribution in [0.3, 0.4) is 0 Å². The van der Waals surface area contributed by atoms with Gasteiger partial charge in [-0.25, -0.2) is 0 Å². The number of rotatable bonds is 6. The predicted octanol–water partition coefficient (Wildman–Crippen LogP) is 0.371. The lowest BCUT2D eigenvalue weighted by molar-refractivity contribution is -0.536. The maximum absolute atomic E-state index is 12.8. The molecule has 0 aromatic heterocycles. The molecule has 38 heavy (non-hydrogen) atoms. The fourth-order valence-electron chi connectivity index (χ4n) is 3.81. The maximum atomic E-state index is 12.8. The van der Waals surface area contributed by atoms with Gasteiger partial charge in [0, 0.05) is 35.4 Å². The summed E-state index contributed by atoms with van der Waals surface area (Å²) >= 11 is 0. The zero-order chi connectivity index (χ0) is 29.2. The zero-order valence-electron chi connectivity index (χ0n) is 17.9. The Morgan fingerprint density at radius 1 is 0.605 bits per heavy atom. The van der Waals surface area contributed by atoms with Crippen molar-refractivity contribution in [2.75, 3.05) is 9.44 Å². The van der Waals surface area contributed by atoms with E-state index < -0.39 is 101 Å². The van der Waals surface area contributed by atoms with Crippen molar-refractivity contribution in [1.82, 2.24) is 0 Å². The Bertz CT molecular complexity index is 1310. The monoisotopic (exact) mass is 596 g/mol. The van der Waals surface area contributed by atoms with E-state index in [9.17, 15) is 73.8 Å². The fraction of sp³-hybridized carbons (Fsp3) is 0.333. The lowest BCUT2D eigenvalue weighted by Crippen LogP contribution is -2.63. The van der Waals surface area contributed by atoms with Crippen molar-refractivity contribution in [3.63, 3.8) is 0 Å². The number of halogens is 6. The van der Waals surface area contributed by atoms with Gasteiger partial charge in [-0.1, -0.05) is 0 Å². The third-order valence-corrected chi connectivity index (χ3v) is 7.70. The van der Waals surface area contributed by atoms with Crippen molar-refractivity contribution in [2.24, 2.45) is 0 Å². The Hall–Kier alpha value is -3.36. The van der Waals surface area contributed by atoms with Crippen LogP contribution in [0.4, 0.5) is 37.7 Å². The SMILES string of the molecule is O=S(=O)(Nc1cc(O)c(C2C([O-])C(c3c(O)cc(NS(=O)(=O)C(F)(F)F)cc3O)C2[O-])c(O)c1)C(F)(F)F. The molecule has 1 aliphatic rings. The maximum Gasteiger partial charge on any atom is 0.516 e. The van der Waals surface area contributed by atoms with Crippen LogP contribution in [0.1, 0.15) is 23.0 Å². The molecule has 1 fully saturated rings. The van der Waals surface area contributed by atoms with E-state index in [1.807, 2.05) is 0 Å². The molecule has 0 saturated heterocycles. The van der Waals surface area contributed by atoms with Crippen LogP contribution in [0.2, 0.25) is 0 Å². The normalized spacial score (nSPS) is 22.5. The van der Waals surface area contributed by atoms with E-state index in [2.05, 4.69) is 0 Å². The number of hydrogen-bond donors (Lipinski definition) is 6. The largest absolute Gasteiger partial charge is 0.851 e. The third kappa shape index (κ3) is 5.02. The molecule has 0 atom stereocenters. The highest BCUT2D eigenvalue weighted by atomic mass is 32.2. The highest BCUT2D eigenvalue weighted by Crippen LogP contribution is 2.54. The van der Waals surface area contributed by atoms with Gasteiger partial charge < -0.3 is 30.6 Å². The first-order valence-electron chi connectivity index (χ1n) is 9.70. The van der Waals surface area contributed by atoms with Crippen molar-refractivity contribution < 1.29 is 73.8 Å². The molecule has 12 nitrogen and oxygen atoms in total. The fourth-order valence-corrected chi connectivity index (χ4v) is 4.89.